The number of hydrogen-bond acceptors (Lipinski definition) is 5. The molecule has 8 aromatic rings. The second kappa shape index (κ2) is 14.2. The molecule has 0 aliphatic heterocycles. The Bertz CT molecular complexity index is 2500. The van der Waals surface area contributed by atoms with E-state index in [0.717, 1.165) is 38.7 Å². The molecule has 0 radical (unpaired) electrons. The van der Waals surface area contributed by atoms with Crippen molar-refractivity contribution in [3.63, 3.8) is 0 Å². The molecule has 2 N–H and O–H groups in total. The highest BCUT2D eigenvalue weighted by Crippen LogP contribution is 2.42. The summed E-state index contributed by atoms with van der Waals surface area (Å²) < 4.78 is 0. The first kappa shape index (κ1) is 33.0. The maximum Gasteiger partial charge on any atom is 0.258 e. The van der Waals surface area contributed by atoms with Gasteiger partial charge in [-0.15, -0.1) is 0 Å². The molecule has 7 heteroatoms. The van der Waals surface area contributed by atoms with Gasteiger partial charge in [0.25, 0.3) is 11.8 Å². The van der Waals surface area contributed by atoms with Gasteiger partial charge >= 0.3 is 0 Å². The lowest BCUT2D eigenvalue weighted by molar-refractivity contribution is 0.101. The molecule has 7 nitrogen and oxygen atoms in total. The second-order valence-electron chi connectivity index (χ2n) is 12.9. The van der Waals surface area contributed by atoms with Crippen LogP contribution in [0.1, 0.15) is 31.8 Å². The van der Waals surface area contributed by atoms with Crippen LogP contribution >= 0.6 is 0 Å². The van der Waals surface area contributed by atoms with Gasteiger partial charge in [0.15, 0.2) is 0 Å². The molecule has 8 rings (SSSR count). The molecular formula is C46H35N5O2. The number of nitrogens with one attached hydrogen (secondary N) is 2. The minimum atomic E-state index is -0.291. The van der Waals surface area contributed by atoms with Crippen molar-refractivity contribution in [3.05, 3.63) is 186 Å². The highest BCUT2D eigenvalue weighted by Gasteiger charge is 2.27. The van der Waals surface area contributed by atoms with Crippen molar-refractivity contribution in [2.75, 3.05) is 15.5 Å². The fraction of sp³-hybridized carbons (Fsp3) is 0.0435. The number of anilines is 5. The number of benzene rings is 6. The molecule has 2 aromatic heterocycles. The predicted octanol–water partition coefficient (Wildman–Crippen LogP) is 11.0. The van der Waals surface area contributed by atoms with Crippen LogP contribution in [-0.4, -0.2) is 21.8 Å². The van der Waals surface area contributed by atoms with Crippen molar-refractivity contribution in [3.8, 4) is 11.1 Å². The zero-order valence-corrected chi connectivity index (χ0v) is 29.2. The van der Waals surface area contributed by atoms with Crippen molar-refractivity contribution in [2.24, 2.45) is 0 Å². The van der Waals surface area contributed by atoms with E-state index in [0.29, 0.717) is 44.9 Å². The molecule has 2 amide bonds. The molecule has 0 saturated carbocycles. The Morgan fingerprint density at radius 3 is 1.51 bits per heavy atom. The van der Waals surface area contributed by atoms with E-state index in [1.54, 1.807) is 12.4 Å². The van der Waals surface area contributed by atoms with Gasteiger partial charge in [-0.25, -0.2) is 0 Å². The average Bonchev–Trinajstić information content (AvgIpc) is 3.19. The van der Waals surface area contributed by atoms with E-state index in [1.807, 2.05) is 146 Å². The van der Waals surface area contributed by atoms with E-state index in [-0.39, 0.29) is 11.8 Å². The summed E-state index contributed by atoms with van der Waals surface area (Å²) in [4.78, 5) is 40.2. The Morgan fingerprint density at radius 1 is 0.491 bits per heavy atom. The number of rotatable bonds is 8. The van der Waals surface area contributed by atoms with E-state index < -0.39 is 0 Å². The molecule has 0 unspecified atom stereocenters. The van der Waals surface area contributed by atoms with Gasteiger partial charge in [-0.1, -0.05) is 103 Å². The van der Waals surface area contributed by atoms with Crippen LogP contribution in [-0.2, 0) is 0 Å². The number of nitrogens with zero attached hydrogens (tertiary/aromatic N) is 3. The molecule has 0 spiro atoms. The molecule has 256 valence electrons. The first-order valence-electron chi connectivity index (χ1n) is 17.4. The maximum atomic E-state index is 14.6. The molecule has 0 saturated heterocycles. The van der Waals surface area contributed by atoms with Crippen molar-refractivity contribution in [2.45, 2.75) is 13.8 Å². The number of aryl methyl sites for hydroxylation is 2. The van der Waals surface area contributed by atoms with E-state index in [9.17, 15) is 9.59 Å². The van der Waals surface area contributed by atoms with Crippen molar-refractivity contribution in [1.82, 2.24) is 9.97 Å². The standard InChI is InChI=1S/C46H35N5O2/c1-30-13-6-25-39(41(30)45(52)49-37-23-9-17-33-20-11-27-47-43(33)37)51(36-22-8-19-35(29-36)32-15-4-3-5-16-32)40-26-7-14-31(2)42(40)46(53)50-38-24-10-18-34-21-12-28-48-44(34)38/h3-29H,1-2H3,(H,49,52)(H,50,53). The summed E-state index contributed by atoms with van der Waals surface area (Å²) in [6.07, 6.45) is 3.44. The first-order chi connectivity index (χ1) is 26.0. The van der Waals surface area contributed by atoms with Gasteiger partial charge in [-0.05, 0) is 84.6 Å². The normalized spacial score (nSPS) is 11.0. The molecular weight excluding hydrogens is 655 g/mol. The average molecular weight is 690 g/mol. The lowest BCUT2D eigenvalue weighted by Crippen LogP contribution is -2.23. The first-order valence-corrected chi connectivity index (χ1v) is 17.4. The van der Waals surface area contributed by atoms with Crippen molar-refractivity contribution < 1.29 is 9.59 Å². The van der Waals surface area contributed by atoms with Crippen LogP contribution in [0.4, 0.5) is 28.4 Å². The monoisotopic (exact) mass is 689 g/mol. The summed E-state index contributed by atoms with van der Waals surface area (Å²) in [7, 11) is 0. The second-order valence-corrected chi connectivity index (χ2v) is 12.9. The number of carbonyl (C=O) groups excluding carboxylic acids is 2. The van der Waals surface area contributed by atoms with Gasteiger partial charge < -0.3 is 15.5 Å². The molecule has 2 heterocycles. The highest BCUT2D eigenvalue weighted by molar-refractivity contribution is 6.16. The summed E-state index contributed by atoms with van der Waals surface area (Å²) in [5.41, 5.74) is 9.17. The van der Waals surface area contributed by atoms with Crippen LogP contribution in [0.5, 0.6) is 0 Å². The Labute approximate surface area is 307 Å². The summed E-state index contributed by atoms with van der Waals surface area (Å²) in [6, 6.07) is 49.0. The minimum Gasteiger partial charge on any atom is -0.320 e. The van der Waals surface area contributed by atoms with E-state index >= 15 is 0 Å². The van der Waals surface area contributed by atoms with Gasteiger partial charge in [0, 0.05) is 28.9 Å². The SMILES string of the molecule is Cc1cccc(N(c2cccc(-c3ccccc3)c2)c2cccc(C)c2C(=O)Nc2cccc3cccnc23)c1C(=O)Nc1cccc2cccnc12. The summed E-state index contributed by atoms with van der Waals surface area (Å²) in [5.74, 6) is -0.582. The third kappa shape index (κ3) is 6.48. The largest absolute Gasteiger partial charge is 0.320 e. The quantitative estimate of drug-likeness (QED) is 0.166. The van der Waals surface area contributed by atoms with Crippen LogP contribution in [0, 0.1) is 13.8 Å². The fourth-order valence-corrected chi connectivity index (χ4v) is 6.91. The smallest absolute Gasteiger partial charge is 0.258 e. The fourth-order valence-electron chi connectivity index (χ4n) is 6.91. The third-order valence-corrected chi connectivity index (χ3v) is 9.41. The van der Waals surface area contributed by atoms with Crippen LogP contribution in [0.2, 0.25) is 0 Å². The molecule has 0 bridgehead atoms. The Balaban J connectivity index is 1.30. The minimum absolute atomic E-state index is 0.291. The molecule has 0 aliphatic rings. The highest BCUT2D eigenvalue weighted by atomic mass is 16.2. The lowest BCUT2D eigenvalue weighted by atomic mass is 9.98. The Morgan fingerprint density at radius 2 is 0.962 bits per heavy atom. The molecule has 6 aromatic carbocycles. The van der Waals surface area contributed by atoms with Gasteiger partial charge in [0.05, 0.1) is 44.9 Å². The molecule has 0 aliphatic carbocycles. The third-order valence-electron chi connectivity index (χ3n) is 9.41. The zero-order chi connectivity index (χ0) is 36.3. The van der Waals surface area contributed by atoms with Crippen molar-refractivity contribution in [1.29, 1.82) is 0 Å². The van der Waals surface area contributed by atoms with Gasteiger partial charge in [-0.2, -0.15) is 0 Å². The van der Waals surface area contributed by atoms with Crippen LogP contribution < -0.4 is 15.5 Å². The summed E-state index contributed by atoms with van der Waals surface area (Å²) in [5, 5.41) is 8.17. The number of amides is 2. The molecule has 0 fully saturated rings. The van der Waals surface area contributed by atoms with E-state index in [4.69, 9.17) is 0 Å². The lowest BCUT2D eigenvalue weighted by Gasteiger charge is -2.30. The van der Waals surface area contributed by atoms with E-state index in [2.05, 4.69) is 44.9 Å². The van der Waals surface area contributed by atoms with E-state index in [1.165, 1.54) is 0 Å². The number of aromatic nitrogens is 2. The Hall–Kier alpha value is -7.12. The number of pyridine rings is 2. The predicted molar refractivity (Wildman–Crippen MR) is 215 cm³/mol. The zero-order valence-electron chi connectivity index (χ0n) is 29.2. The number of fused-ring (bicyclic) bond motifs is 2. The molecule has 53 heavy (non-hydrogen) atoms. The van der Waals surface area contributed by atoms with Crippen LogP contribution in [0.25, 0.3) is 32.9 Å². The van der Waals surface area contributed by atoms with Crippen LogP contribution in [0.3, 0.4) is 0 Å². The summed E-state index contributed by atoms with van der Waals surface area (Å²) >= 11 is 0. The number of carbonyl (C=O) groups is 2. The topological polar surface area (TPSA) is 87.2 Å². The Kier molecular flexibility index (Phi) is 8.88. The van der Waals surface area contributed by atoms with Gasteiger partial charge in [0.1, 0.15) is 0 Å². The van der Waals surface area contributed by atoms with Crippen LogP contribution in [0.15, 0.2) is 164 Å². The summed E-state index contributed by atoms with van der Waals surface area (Å²) in [6.45, 7) is 3.85. The van der Waals surface area contributed by atoms with Gasteiger partial charge in [0.2, 0.25) is 0 Å². The van der Waals surface area contributed by atoms with Gasteiger partial charge in [-0.3, -0.25) is 19.6 Å². The van der Waals surface area contributed by atoms with Crippen molar-refractivity contribution >= 4 is 62.1 Å². The molecule has 0 atom stereocenters. The number of hydrogen-bond donors (Lipinski definition) is 2. The maximum absolute atomic E-state index is 14.6. The number of para-hydroxylation sites is 2.